The molecule has 2 rings (SSSR count). The zero-order chi connectivity index (χ0) is 18.9. The number of ether oxygens (including phenoxy) is 1. The highest BCUT2D eigenvalue weighted by atomic mass is 127. The van der Waals surface area contributed by atoms with E-state index in [-0.39, 0.29) is 11.7 Å². The van der Waals surface area contributed by atoms with E-state index in [0.29, 0.717) is 11.6 Å². The second-order valence-electron chi connectivity index (χ2n) is 4.95. The lowest BCUT2D eigenvalue weighted by molar-refractivity contribution is -0.118. The van der Waals surface area contributed by atoms with Gasteiger partial charge in [-0.1, -0.05) is 24.3 Å². The van der Waals surface area contributed by atoms with Crippen LogP contribution >= 0.6 is 68.5 Å². The second-order valence-corrected chi connectivity index (χ2v) is 8.76. The Morgan fingerprint density at radius 2 is 1.92 bits per heavy atom. The van der Waals surface area contributed by atoms with Crippen LogP contribution in [0.1, 0.15) is 5.56 Å². The molecule has 0 fully saturated rings. The molecule has 26 heavy (non-hydrogen) atoms. The number of benzene rings is 2. The van der Waals surface area contributed by atoms with Gasteiger partial charge < -0.3 is 4.74 Å². The first kappa shape index (κ1) is 21.5. The van der Waals surface area contributed by atoms with Crippen LogP contribution in [0, 0.1) is 7.14 Å². The van der Waals surface area contributed by atoms with E-state index in [1.165, 1.54) is 11.8 Å². The third kappa shape index (κ3) is 7.09. The maximum absolute atomic E-state index is 11.9. The molecule has 0 bridgehead atoms. The average molecular weight is 613 g/mol. The molecule has 0 aromatic heterocycles. The number of halogens is 3. The topological polar surface area (TPSA) is 50.7 Å². The van der Waals surface area contributed by atoms with Crippen molar-refractivity contribution in [3.63, 3.8) is 0 Å². The Morgan fingerprint density at radius 1 is 1.27 bits per heavy atom. The number of nitrogens with zero attached hydrogens (tertiary/aromatic N) is 1. The Hall–Kier alpha value is -0.780. The third-order valence-corrected chi connectivity index (χ3v) is 5.82. The maximum Gasteiger partial charge on any atom is 0.250 e. The summed E-state index contributed by atoms with van der Waals surface area (Å²) in [6.07, 6.45) is 3.32. The number of hydrogen-bond acceptors (Lipinski definition) is 4. The number of rotatable bonds is 8. The highest BCUT2D eigenvalue weighted by molar-refractivity contribution is 14.1. The molecule has 0 spiro atoms. The lowest BCUT2D eigenvalue weighted by atomic mass is 10.2. The Bertz CT molecular complexity index is 790. The lowest BCUT2D eigenvalue weighted by Crippen LogP contribution is -2.19. The summed E-state index contributed by atoms with van der Waals surface area (Å²) in [6.45, 7) is 4.11. The monoisotopic (exact) mass is 612 g/mol. The van der Waals surface area contributed by atoms with Crippen LogP contribution < -0.4 is 10.2 Å². The molecule has 0 aliphatic rings. The van der Waals surface area contributed by atoms with Crippen LogP contribution in [0.2, 0.25) is 5.02 Å². The summed E-state index contributed by atoms with van der Waals surface area (Å²) in [6, 6.07) is 11.2. The quantitative estimate of drug-likeness (QED) is 0.144. The Balaban J connectivity index is 1.88. The van der Waals surface area contributed by atoms with Gasteiger partial charge in [-0.05, 0) is 87.1 Å². The molecule has 0 heterocycles. The van der Waals surface area contributed by atoms with Crippen molar-refractivity contribution in [3.8, 4) is 5.75 Å². The zero-order valence-electron chi connectivity index (χ0n) is 13.5. The largest absolute Gasteiger partial charge is 0.487 e. The summed E-state index contributed by atoms with van der Waals surface area (Å²) in [7, 11) is 0. The van der Waals surface area contributed by atoms with Gasteiger partial charge >= 0.3 is 0 Å². The van der Waals surface area contributed by atoms with Crippen molar-refractivity contribution in [1.29, 1.82) is 0 Å². The fourth-order valence-electron chi connectivity index (χ4n) is 1.82. The van der Waals surface area contributed by atoms with E-state index < -0.39 is 0 Å². The van der Waals surface area contributed by atoms with Crippen LogP contribution in [-0.2, 0) is 4.79 Å². The molecule has 0 aliphatic heterocycles. The zero-order valence-corrected chi connectivity index (χ0v) is 19.4. The van der Waals surface area contributed by atoms with Gasteiger partial charge in [0, 0.05) is 9.92 Å². The van der Waals surface area contributed by atoms with Gasteiger partial charge in [-0.25, -0.2) is 5.43 Å². The Labute approximate surface area is 189 Å². The predicted molar refractivity (Wildman–Crippen MR) is 125 cm³/mol. The molecular weight excluding hydrogens is 598 g/mol. The van der Waals surface area contributed by atoms with Crippen molar-refractivity contribution < 1.29 is 9.53 Å². The molecule has 0 saturated carbocycles. The molecule has 0 aliphatic carbocycles. The molecule has 0 radical (unpaired) electrons. The molecule has 0 unspecified atom stereocenters. The first-order chi connectivity index (χ1) is 12.5. The SMILES string of the molecule is C=CCOc1c(I)cc(/C=N\NC(=O)CSc2ccc(Cl)cc2)cc1I. The summed E-state index contributed by atoms with van der Waals surface area (Å²) < 4.78 is 7.59. The molecule has 4 nitrogen and oxygen atoms in total. The van der Waals surface area contributed by atoms with Crippen molar-refractivity contribution >= 4 is 80.7 Å². The molecule has 2 aromatic rings. The summed E-state index contributed by atoms with van der Waals surface area (Å²) in [4.78, 5) is 12.9. The Morgan fingerprint density at radius 3 is 2.54 bits per heavy atom. The van der Waals surface area contributed by atoms with Crippen molar-refractivity contribution in [2.45, 2.75) is 4.90 Å². The van der Waals surface area contributed by atoms with E-state index >= 15 is 0 Å². The maximum atomic E-state index is 11.9. The summed E-state index contributed by atoms with van der Waals surface area (Å²) in [5, 5.41) is 4.69. The van der Waals surface area contributed by atoms with Gasteiger partial charge in [0.1, 0.15) is 12.4 Å². The number of nitrogens with one attached hydrogen (secondary N) is 1. The average Bonchev–Trinajstić information content (AvgIpc) is 2.60. The highest BCUT2D eigenvalue weighted by Crippen LogP contribution is 2.28. The van der Waals surface area contributed by atoms with Gasteiger partial charge in [0.05, 0.1) is 19.1 Å². The standard InChI is InChI=1S/C18H15ClI2N2O2S/c1-2-7-25-18-15(20)8-12(9-16(18)21)10-22-23-17(24)11-26-14-5-3-13(19)4-6-14/h2-6,8-10H,1,7,11H2,(H,23,24)/b22-10-. The third-order valence-electron chi connectivity index (χ3n) is 2.95. The minimum Gasteiger partial charge on any atom is -0.487 e. The van der Waals surface area contributed by atoms with E-state index in [2.05, 4.69) is 62.3 Å². The van der Waals surface area contributed by atoms with Crippen molar-refractivity contribution in [2.24, 2.45) is 5.10 Å². The number of hydrazone groups is 1. The Kier molecular flexibility index (Phi) is 9.23. The van der Waals surface area contributed by atoms with Crippen molar-refractivity contribution in [3.05, 3.63) is 66.8 Å². The first-order valence-electron chi connectivity index (χ1n) is 7.42. The van der Waals surface area contributed by atoms with Gasteiger partial charge in [-0.3, -0.25) is 4.79 Å². The van der Waals surface area contributed by atoms with Crippen LogP contribution in [-0.4, -0.2) is 24.5 Å². The molecule has 0 saturated heterocycles. The van der Waals surface area contributed by atoms with E-state index in [0.717, 1.165) is 23.3 Å². The molecule has 8 heteroatoms. The molecule has 2 aromatic carbocycles. The summed E-state index contributed by atoms with van der Waals surface area (Å²) in [5.41, 5.74) is 3.42. The first-order valence-corrected chi connectivity index (χ1v) is 10.9. The van der Waals surface area contributed by atoms with Gasteiger partial charge in [0.2, 0.25) is 5.91 Å². The molecular formula is C18H15ClI2N2O2S. The second kappa shape index (κ2) is 11.2. The van der Waals surface area contributed by atoms with Crippen molar-refractivity contribution in [2.75, 3.05) is 12.4 Å². The lowest BCUT2D eigenvalue weighted by Gasteiger charge is -2.09. The minimum absolute atomic E-state index is 0.170. The smallest absolute Gasteiger partial charge is 0.250 e. The number of thioether (sulfide) groups is 1. The normalized spacial score (nSPS) is 10.7. The summed E-state index contributed by atoms with van der Waals surface area (Å²) >= 11 is 11.7. The van der Waals surface area contributed by atoms with Crippen molar-refractivity contribution in [1.82, 2.24) is 5.43 Å². The van der Waals surface area contributed by atoms with Gasteiger partial charge in [0.15, 0.2) is 0 Å². The van der Waals surface area contributed by atoms with Crippen LogP contribution in [0.15, 0.2) is 59.1 Å². The van der Waals surface area contributed by atoms with E-state index in [1.807, 2.05) is 24.3 Å². The van der Waals surface area contributed by atoms with Crippen LogP contribution in [0.4, 0.5) is 0 Å². The number of amides is 1. The molecule has 136 valence electrons. The van der Waals surface area contributed by atoms with Crippen LogP contribution in [0.5, 0.6) is 5.75 Å². The van der Waals surface area contributed by atoms with Gasteiger partial charge in [-0.15, -0.1) is 11.8 Å². The van der Waals surface area contributed by atoms with Gasteiger partial charge in [-0.2, -0.15) is 5.10 Å². The van der Waals surface area contributed by atoms with Gasteiger partial charge in [0.25, 0.3) is 0 Å². The molecule has 1 amide bonds. The fourth-order valence-corrected chi connectivity index (χ4v) is 4.77. The highest BCUT2D eigenvalue weighted by Gasteiger charge is 2.08. The predicted octanol–water partition coefficient (Wildman–Crippen LogP) is 5.36. The van der Waals surface area contributed by atoms with Crippen LogP contribution in [0.25, 0.3) is 0 Å². The minimum atomic E-state index is -0.170. The fraction of sp³-hybridized carbons (Fsp3) is 0.111. The molecule has 0 atom stereocenters. The number of carbonyl (C=O) groups excluding carboxylic acids is 1. The van der Waals surface area contributed by atoms with E-state index in [9.17, 15) is 4.79 Å². The number of carbonyl (C=O) groups is 1. The number of hydrogen-bond donors (Lipinski definition) is 1. The molecule has 1 N–H and O–H groups in total. The summed E-state index contributed by atoms with van der Waals surface area (Å²) in [5.74, 6) is 0.936. The van der Waals surface area contributed by atoms with E-state index in [1.54, 1.807) is 24.4 Å². The van der Waals surface area contributed by atoms with Crippen LogP contribution in [0.3, 0.4) is 0 Å². The van der Waals surface area contributed by atoms with E-state index in [4.69, 9.17) is 16.3 Å².